The van der Waals surface area contributed by atoms with Crippen molar-refractivity contribution >= 4 is 11.6 Å². The van der Waals surface area contributed by atoms with Gasteiger partial charge in [0.25, 0.3) is 0 Å². The highest BCUT2D eigenvalue weighted by molar-refractivity contribution is 5.92. The van der Waals surface area contributed by atoms with E-state index in [2.05, 4.69) is 19.2 Å². The van der Waals surface area contributed by atoms with Crippen molar-refractivity contribution in [3.63, 3.8) is 0 Å². The van der Waals surface area contributed by atoms with Gasteiger partial charge in [0.1, 0.15) is 5.75 Å². The maximum absolute atomic E-state index is 11.9. The Balaban J connectivity index is 2.61. The third kappa shape index (κ3) is 5.30. The van der Waals surface area contributed by atoms with Gasteiger partial charge in [0.05, 0.1) is 5.69 Å². The van der Waals surface area contributed by atoms with Crippen LogP contribution < -0.4 is 11.1 Å². The van der Waals surface area contributed by atoms with Gasteiger partial charge in [-0.15, -0.1) is 0 Å². The van der Waals surface area contributed by atoms with Crippen LogP contribution in [0.15, 0.2) is 18.2 Å². The van der Waals surface area contributed by atoms with E-state index in [9.17, 15) is 9.90 Å². The molecule has 0 bridgehead atoms. The molecule has 4 N–H and O–H groups in total. The molecule has 0 saturated carbocycles. The normalized spacial score (nSPS) is 12.5. The zero-order chi connectivity index (χ0) is 14.4. The first-order valence-corrected chi connectivity index (χ1v) is 6.72. The van der Waals surface area contributed by atoms with Crippen molar-refractivity contribution in [1.82, 2.24) is 0 Å². The van der Waals surface area contributed by atoms with Crippen LogP contribution in [0, 0.1) is 18.8 Å². The van der Waals surface area contributed by atoms with Crippen molar-refractivity contribution < 1.29 is 9.90 Å². The van der Waals surface area contributed by atoms with Gasteiger partial charge in [0.15, 0.2) is 0 Å². The van der Waals surface area contributed by atoms with E-state index in [0.29, 0.717) is 24.6 Å². The van der Waals surface area contributed by atoms with Crippen LogP contribution in [0.3, 0.4) is 0 Å². The van der Waals surface area contributed by atoms with Crippen LogP contribution in [0.4, 0.5) is 5.69 Å². The summed E-state index contributed by atoms with van der Waals surface area (Å²) < 4.78 is 0. The number of carbonyl (C=O) groups is 1. The molecule has 0 aromatic heterocycles. The Morgan fingerprint density at radius 2 is 2.11 bits per heavy atom. The van der Waals surface area contributed by atoms with E-state index in [4.69, 9.17) is 5.73 Å². The Bertz CT molecular complexity index is 430. The minimum atomic E-state index is -0.1000. The lowest BCUT2D eigenvalue weighted by molar-refractivity contribution is -0.117. The van der Waals surface area contributed by atoms with Crippen molar-refractivity contribution in [3.05, 3.63) is 23.8 Å². The van der Waals surface area contributed by atoms with Gasteiger partial charge < -0.3 is 16.2 Å². The van der Waals surface area contributed by atoms with Crippen LogP contribution in [0.1, 0.15) is 32.3 Å². The lowest BCUT2D eigenvalue weighted by Gasteiger charge is -2.17. The van der Waals surface area contributed by atoms with Crippen molar-refractivity contribution in [1.29, 1.82) is 0 Å². The molecule has 1 aromatic carbocycles. The van der Waals surface area contributed by atoms with Gasteiger partial charge >= 0.3 is 0 Å². The third-order valence-electron chi connectivity index (χ3n) is 3.04. The Labute approximate surface area is 115 Å². The Morgan fingerprint density at radius 3 is 2.68 bits per heavy atom. The second-order valence-electron chi connectivity index (χ2n) is 5.50. The fourth-order valence-corrected chi connectivity index (χ4v) is 2.14. The number of carbonyl (C=O) groups excluding carboxylic acids is 1. The van der Waals surface area contributed by atoms with Gasteiger partial charge in [0.2, 0.25) is 5.91 Å². The third-order valence-corrected chi connectivity index (χ3v) is 3.04. The number of phenolic OH excluding ortho intramolecular Hbond substituents is 1. The number of amides is 1. The summed E-state index contributed by atoms with van der Waals surface area (Å²) in [6.07, 6.45) is 1.33. The minimum Gasteiger partial charge on any atom is -0.506 e. The van der Waals surface area contributed by atoms with Gasteiger partial charge in [-0.1, -0.05) is 19.9 Å². The standard InChI is InChI=1S/C15H24N2O2/c1-10(2)6-12(9-16)8-15(19)17-13-7-11(3)4-5-14(13)18/h4-5,7,10,12,18H,6,8-9,16H2,1-3H3,(H,17,19). The number of rotatable bonds is 6. The number of benzene rings is 1. The summed E-state index contributed by atoms with van der Waals surface area (Å²) in [5, 5.41) is 12.4. The number of anilines is 1. The summed E-state index contributed by atoms with van der Waals surface area (Å²) in [6, 6.07) is 5.14. The maximum Gasteiger partial charge on any atom is 0.224 e. The molecule has 0 aliphatic rings. The summed E-state index contributed by atoms with van der Waals surface area (Å²) in [7, 11) is 0. The highest BCUT2D eigenvalue weighted by Crippen LogP contribution is 2.24. The number of aryl methyl sites for hydroxylation is 1. The molecule has 4 heteroatoms. The highest BCUT2D eigenvalue weighted by atomic mass is 16.3. The summed E-state index contributed by atoms with van der Waals surface area (Å²) in [6.45, 7) is 6.65. The molecule has 106 valence electrons. The SMILES string of the molecule is Cc1ccc(O)c(NC(=O)CC(CN)CC(C)C)c1. The minimum absolute atomic E-state index is 0.0899. The largest absolute Gasteiger partial charge is 0.506 e. The van der Waals surface area contributed by atoms with E-state index < -0.39 is 0 Å². The van der Waals surface area contributed by atoms with Crippen molar-refractivity contribution in [3.8, 4) is 5.75 Å². The predicted molar refractivity (Wildman–Crippen MR) is 78.1 cm³/mol. The lowest BCUT2D eigenvalue weighted by Crippen LogP contribution is -2.23. The summed E-state index contributed by atoms with van der Waals surface area (Å²) in [5.41, 5.74) is 7.14. The summed E-state index contributed by atoms with van der Waals surface area (Å²) in [4.78, 5) is 11.9. The molecule has 0 spiro atoms. The molecule has 1 rings (SSSR count). The first-order chi connectivity index (χ1) is 8.92. The number of hydrogen-bond acceptors (Lipinski definition) is 3. The number of nitrogens with one attached hydrogen (secondary N) is 1. The molecule has 0 saturated heterocycles. The second kappa shape index (κ2) is 7.14. The van der Waals surface area contributed by atoms with Crippen molar-refractivity contribution in [2.24, 2.45) is 17.6 Å². The zero-order valence-electron chi connectivity index (χ0n) is 11.9. The van der Waals surface area contributed by atoms with E-state index >= 15 is 0 Å². The zero-order valence-corrected chi connectivity index (χ0v) is 11.9. The Morgan fingerprint density at radius 1 is 1.42 bits per heavy atom. The average Bonchev–Trinajstić information content (AvgIpc) is 2.32. The molecule has 1 unspecified atom stereocenters. The Hall–Kier alpha value is -1.55. The van der Waals surface area contributed by atoms with Gasteiger partial charge in [-0.2, -0.15) is 0 Å². The topological polar surface area (TPSA) is 75.3 Å². The van der Waals surface area contributed by atoms with Crippen LogP contribution in [-0.2, 0) is 4.79 Å². The first-order valence-electron chi connectivity index (χ1n) is 6.72. The molecule has 0 aliphatic heterocycles. The van der Waals surface area contributed by atoms with Crippen molar-refractivity contribution in [2.75, 3.05) is 11.9 Å². The van der Waals surface area contributed by atoms with Crippen LogP contribution in [0.5, 0.6) is 5.75 Å². The molecule has 0 radical (unpaired) electrons. The second-order valence-corrected chi connectivity index (χ2v) is 5.50. The first kappa shape index (κ1) is 15.5. The van der Waals surface area contributed by atoms with Gasteiger partial charge in [-0.25, -0.2) is 0 Å². The van der Waals surface area contributed by atoms with E-state index in [-0.39, 0.29) is 17.6 Å². The quantitative estimate of drug-likeness (QED) is 0.691. The average molecular weight is 264 g/mol. The van der Waals surface area contributed by atoms with Crippen LogP contribution >= 0.6 is 0 Å². The highest BCUT2D eigenvalue weighted by Gasteiger charge is 2.15. The lowest BCUT2D eigenvalue weighted by atomic mass is 9.94. The molecule has 4 nitrogen and oxygen atoms in total. The Kier molecular flexibility index (Phi) is 5.83. The predicted octanol–water partition coefficient (Wildman–Crippen LogP) is 2.65. The van der Waals surface area contributed by atoms with Crippen LogP contribution in [0.25, 0.3) is 0 Å². The fourth-order valence-electron chi connectivity index (χ4n) is 2.14. The molecule has 0 fully saturated rings. The maximum atomic E-state index is 11.9. The van der Waals surface area contributed by atoms with E-state index in [1.54, 1.807) is 18.2 Å². The summed E-state index contributed by atoms with van der Waals surface area (Å²) >= 11 is 0. The van der Waals surface area contributed by atoms with E-state index in [1.165, 1.54) is 0 Å². The number of phenols is 1. The molecule has 1 aromatic rings. The van der Waals surface area contributed by atoms with Gasteiger partial charge in [-0.05, 0) is 49.4 Å². The smallest absolute Gasteiger partial charge is 0.224 e. The summed E-state index contributed by atoms with van der Waals surface area (Å²) in [5.74, 6) is 0.699. The molecule has 1 atom stereocenters. The van der Waals surface area contributed by atoms with Crippen LogP contribution in [-0.4, -0.2) is 17.6 Å². The molecule has 19 heavy (non-hydrogen) atoms. The van der Waals surface area contributed by atoms with E-state index in [1.807, 2.05) is 6.92 Å². The molecule has 0 aliphatic carbocycles. The monoisotopic (exact) mass is 264 g/mol. The number of hydrogen-bond donors (Lipinski definition) is 3. The van der Waals surface area contributed by atoms with Gasteiger partial charge in [-0.3, -0.25) is 4.79 Å². The molecule has 0 heterocycles. The molecular weight excluding hydrogens is 240 g/mol. The van der Waals surface area contributed by atoms with Crippen molar-refractivity contribution in [2.45, 2.75) is 33.6 Å². The molecular formula is C15H24N2O2. The fraction of sp³-hybridized carbons (Fsp3) is 0.533. The molecule has 1 amide bonds. The van der Waals surface area contributed by atoms with Crippen LogP contribution in [0.2, 0.25) is 0 Å². The number of nitrogens with two attached hydrogens (primary N) is 1. The number of aromatic hydroxyl groups is 1. The van der Waals surface area contributed by atoms with E-state index in [0.717, 1.165) is 12.0 Å². The van der Waals surface area contributed by atoms with Gasteiger partial charge in [0, 0.05) is 6.42 Å².